The van der Waals surface area contributed by atoms with E-state index in [1.807, 2.05) is 32.0 Å². The number of nitrogen functional groups attached to an aromatic ring is 1. The van der Waals surface area contributed by atoms with E-state index in [4.69, 9.17) is 5.73 Å². The molecule has 0 unspecified atom stereocenters. The number of benzene rings is 2. The van der Waals surface area contributed by atoms with E-state index in [9.17, 15) is 4.79 Å². The molecule has 2 aromatic heterocycles. The number of carbonyl (C=O) groups excluding carboxylic acids is 1. The Morgan fingerprint density at radius 3 is 2.69 bits per heavy atom. The lowest BCUT2D eigenvalue weighted by Gasteiger charge is -2.11. The SMILES string of the molecule is CCn1cc(-c2cccc(NC(=O)Nc3cccc(C)c3)c2F)c(-c2ccnc(N)n2)n1. The average Bonchev–Trinajstić information content (AvgIpc) is 3.19. The molecule has 32 heavy (non-hydrogen) atoms. The van der Waals surface area contributed by atoms with Crippen LogP contribution >= 0.6 is 0 Å². The first-order chi connectivity index (χ1) is 15.4. The molecule has 0 saturated carbocycles. The van der Waals surface area contributed by atoms with Crippen molar-refractivity contribution in [1.82, 2.24) is 19.7 Å². The first-order valence-corrected chi connectivity index (χ1v) is 10.0. The molecule has 9 heteroatoms. The van der Waals surface area contributed by atoms with E-state index in [1.54, 1.807) is 35.1 Å². The van der Waals surface area contributed by atoms with Gasteiger partial charge >= 0.3 is 6.03 Å². The summed E-state index contributed by atoms with van der Waals surface area (Å²) in [7, 11) is 0. The molecule has 162 valence electrons. The maximum atomic E-state index is 15.5. The Bertz CT molecular complexity index is 1290. The van der Waals surface area contributed by atoms with Crippen LogP contribution in [0.4, 0.5) is 26.5 Å². The standard InChI is InChI=1S/C23H22FN7O/c1-3-31-13-17(21(30-31)19-10-11-26-22(25)28-19)16-8-5-9-18(20(16)24)29-23(32)27-15-7-4-6-14(2)12-15/h4-13H,3H2,1-2H3,(H2,25,26,28)(H2,27,29,32). The Balaban J connectivity index is 1.67. The van der Waals surface area contributed by atoms with E-state index in [1.165, 1.54) is 12.3 Å². The highest BCUT2D eigenvalue weighted by molar-refractivity contribution is 6.00. The Hall–Kier alpha value is -4.27. The molecule has 2 amide bonds. The number of nitrogens with zero attached hydrogens (tertiary/aromatic N) is 4. The van der Waals surface area contributed by atoms with Crippen LogP contribution in [0.15, 0.2) is 60.9 Å². The second-order valence-electron chi connectivity index (χ2n) is 7.16. The predicted octanol–water partition coefficient (Wildman–Crippen LogP) is 4.70. The molecule has 0 aliphatic carbocycles. The van der Waals surface area contributed by atoms with Crippen molar-refractivity contribution in [2.45, 2.75) is 20.4 Å². The monoisotopic (exact) mass is 431 g/mol. The highest BCUT2D eigenvalue weighted by Gasteiger charge is 2.20. The average molecular weight is 431 g/mol. The first-order valence-electron chi connectivity index (χ1n) is 10.0. The zero-order valence-electron chi connectivity index (χ0n) is 17.6. The van der Waals surface area contributed by atoms with Gasteiger partial charge in [-0.15, -0.1) is 0 Å². The maximum Gasteiger partial charge on any atom is 0.323 e. The molecule has 2 heterocycles. The van der Waals surface area contributed by atoms with E-state index in [-0.39, 0.29) is 17.2 Å². The second-order valence-corrected chi connectivity index (χ2v) is 7.16. The number of hydrogen-bond acceptors (Lipinski definition) is 5. The normalized spacial score (nSPS) is 10.7. The highest BCUT2D eigenvalue weighted by Crippen LogP contribution is 2.34. The molecule has 0 aliphatic heterocycles. The summed E-state index contributed by atoms with van der Waals surface area (Å²) in [4.78, 5) is 20.6. The van der Waals surface area contributed by atoms with Crippen LogP contribution in [0.2, 0.25) is 0 Å². The number of urea groups is 1. The number of aromatic nitrogens is 4. The summed E-state index contributed by atoms with van der Waals surface area (Å²) in [5.74, 6) is -0.478. The van der Waals surface area contributed by atoms with Gasteiger partial charge in [0, 0.05) is 35.8 Å². The van der Waals surface area contributed by atoms with Gasteiger partial charge in [-0.3, -0.25) is 4.68 Å². The van der Waals surface area contributed by atoms with Crippen LogP contribution in [0, 0.1) is 12.7 Å². The topological polar surface area (TPSA) is 111 Å². The van der Waals surface area contributed by atoms with Crippen molar-refractivity contribution >= 4 is 23.4 Å². The number of hydrogen-bond donors (Lipinski definition) is 3. The lowest BCUT2D eigenvalue weighted by Crippen LogP contribution is -2.20. The van der Waals surface area contributed by atoms with Crippen LogP contribution in [0.5, 0.6) is 0 Å². The van der Waals surface area contributed by atoms with E-state index in [2.05, 4.69) is 25.7 Å². The molecule has 4 aromatic rings. The fourth-order valence-corrected chi connectivity index (χ4v) is 3.32. The van der Waals surface area contributed by atoms with Crippen LogP contribution in [0.3, 0.4) is 0 Å². The van der Waals surface area contributed by atoms with E-state index < -0.39 is 11.8 Å². The Morgan fingerprint density at radius 1 is 1.12 bits per heavy atom. The van der Waals surface area contributed by atoms with Crippen molar-refractivity contribution < 1.29 is 9.18 Å². The summed E-state index contributed by atoms with van der Waals surface area (Å²) < 4.78 is 17.2. The van der Waals surface area contributed by atoms with Gasteiger partial charge in [-0.05, 0) is 43.7 Å². The number of halogens is 1. The van der Waals surface area contributed by atoms with E-state index in [0.717, 1.165) is 5.56 Å². The molecule has 0 saturated heterocycles. The minimum absolute atomic E-state index is 0.0463. The molecule has 0 radical (unpaired) electrons. The number of nitrogens with one attached hydrogen (secondary N) is 2. The highest BCUT2D eigenvalue weighted by atomic mass is 19.1. The number of anilines is 3. The van der Waals surface area contributed by atoms with Crippen LogP contribution in [-0.4, -0.2) is 25.8 Å². The van der Waals surface area contributed by atoms with Crippen molar-refractivity contribution in [2.24, 2.45) is 0 Å². The Kier molecular flexibility index (Phi) is 5.80. The van der Waals surface area contributed by atoms with Crippen molar-refractivity contribution in [1.29, 1.82) is 0 Å². The lowest BCUT2D eigenvalue weighted by molar-refractivity contribution is 0.262. The summed E-state index contributed by atoms with van der Waals surface area (Å²) in [6, 6.07) is 13.3. The third-order valence-corrected chi connectivity index (χ3v) is 4.82. The third-order valence-electron chi connectivity index (χ3n) is 4.82. The van der Waals surface area contributed by atoms with E-state index in [0.29, 0.717) is 29.2 Å². The number of nitrogens with two attached hydrogens (primary N) is 1. The number of carbonyl (C=O) groups is 1. The molecule has 4 N–H and O–H groups in total. The van der Waals surface area contributed by atoms with Crippen LogP contribution in [0.1, 0.15) is 12.5 Å². The fourth-order valence-electron chi connectivity index (χ4n) is 3.32. The van der Waals surface area contributed by atoms with Crippen molar-refractivity contribution in [2.75, 3.05) is 16.4 Å². The zero-order chi connectivity index (χ0) is 22.7. The minimum Gasteiger partial charge on any atom is -0.368 e. The summed E-state index contributed by atoms with van der Waals surface area (Å²) in [6.07, 6.45) is 3.26. The summed E-state index contributed by atoms with van der Waals surface area (Å²) in [5, 5.41) is 9.81. The molecular weight excluding hydrogens is 409 g/mol. The van der Waals surface area contributed by atoms with Gasteiger partial charge in [0.15, 0.2) is 5.82 Å². The van der Waals surface area contributed by atoms with Crippen LogP contribution in [0.25, 0.3) is 22.5 Å². The maximum absolute atomic E-state index is 15.5. The second kappa shape index (κ2) is 8.84. The molecule has 4 rings (SSSR count). The Labute approximate surface area is 184 Å². The number of amides is 2. The fraction of sp³-hybridized carbons (Fsp3) is 0.130. The molecule has 0 spiro atoms. The molecule has 8 nitrogen and oxygen atoms in total. The number of aryl methyl sites for hydroxylation is 2. The number of rotatable bonds is 5. The molecule has 0 fully saturated rings. The first kappa shape index (κ1) is 21.0. The molecule has 2 aromatic carbocycles. The van der Waals surface area contributed by atoms with Crippen molar-refractivity contribution in [3.63, 3.8) is 0 Å². The van der Waals surface area contributed by atoms with Crippen LogP contribution < -0.4 is 16.4 Å². The van der Waals surface area contributed by atoms with Crippen molar-refractivity contribution in [3.05, 3.63) is 72.3 Å². The van der Waals surface area contributed by atoms with Crippen LogP contribution in [-0.2, 0) is 6.54 Å². The lowest BCUT2D eigenvalue weighted by atomic mass is 10.0. The van der Waals surface area contributed by atoms with Gasteiger partial charge in [0.1, 0.15) is 5.69 Å². The molecule has 0 atom stereocenters. The third kappa shape index (κ3) is 4.41. The molecule has 0 bridgehead atoms. The quantitative estimate of drug-likeness (QED) is 0.424. The van der Waals surface area contributed by atoms with Gasteiger partial charge in [-0.25, -0.2) is 19.2 Å². The van der Waals surface area contributed by atoms with Gasteiger partial charge in [0.05, 0.1) is 11.4 Å². The molecular formula is C23H22FN7O. The summed E-state index contributed by atoms with van der Waals surface area (Å²) in [6.45, 7) is 4.44. The predicted molar refractivity (Wildman–Crippen MR) is 123 cm³/mol. The minimum atomic E-state index is -0.578. The molecule has 0 aliphatic rings. The van der Waals surface area contributed by atoms with Gasteiger partial charge in [-0.2, -0.15) is 5.10 Å². The zero-order valence-corrected chi connectivity index (χ0v) is 17.6. The van der Waals surface area contributed by atoms with Crippen molar-refractivity contribution in [3.8, 4) is 22.5 Å². The van der Waals surface area contributed by atoms with E-state index >= 15 is 4.39 Å². The summed E-state index contributed by atoms with van der Waals surface area (Å²) >= 11 is 0. The van der Waals surface area contributed by atoms with Gasteiger partial charge in [0.2, 0.25) is 5.95 Å². The summed E-state index contributed by atoms with van der Waals surface area (Å²) in [5.41, 5.74) is 9.16. The largest absolute Gasteiger partial charge is 0.368 e. The van der Waals surface area contributed by atoms with Gasteiger partial charge in [0.25, 0.3) is 0 Å². The van der Waals surface area contributed by atoms with Gasteiger partial charge in [-0.1, -0.05) is 24.3 Å². The smallest absolute Gasteiger partial charge is 0.323 e. The Morgan fingerprint density at radius 2 is 1.94 bits per heavy atom. The van der Waals surface area contributed by atoms with Gasteiger partial charge < -0.3 is 16.4 Å².